The van der Waals surface area contributed by atoms with Gasteiger partial charge in [-0.05, 0) is 75.7 Å². The minimum Gasteiger partial charge on any atom is -0.362 e. The zero-order chi connectivity index (χ0) is 14.4. The molecule has 0 radical (unpaired) electrons. The van der Waals surface area contributed by atoms with E-state index in [1.807, 2.05) is 25.1 Å². The zero-order valence-corrected chi connectivity index (χ0v) is 13.5. The first kappa shape index (κ1) is 15.5. The SMILES string of the molecule is Cc1ccc(NC(=S)NCCCN2CCCC2)cc1Cl. The number of hydrogen-bond acceptors (Lipinski definition) is 2. The second kappa shape index (κ2) is 7.81. The molecule has 0 atom stereocenters. The third kappa shape index (κ3) is 4.93. The van der Waals surface area contributed by atoms with Gasteiger partial charge in [-0.1, -0.05) is 17.7 Å². The standard InChI is InChI=1S/C15H22ClN3S/c1-12-5-6-13(11-14(12)16)18-15(20)17-7-4-10-19-8-2-3-9-19/h5-6,11H,2-4,7-10H2,1H3,(H2,17,18,20). The highest BCUT2D eigenvalue weighted by atomic mass is 35.5. The topological polar surface area (TPSA) is 27.3 Å². The molecule has 1 saturated heterocycles. The van der Waals surface area contributed by atoms with Gasteiger partial charge >= 0.3 is 0 Å². The van der Waals surface area contributed by atoms with E-state index < -0.39 is 0 Å². The van der Waals surface area contributed by atoms with Gasteiger partial charge in [0, 0.05) is 17.3 Å². The Labute approximate surface area is 131 Å². The molecule has 5 heteroatoms. The summed E-state index contributed by atoms with van der Waals surface area (Å²) in [5.74, 6) is 0. The Morgan fingerprint density at radius 1 is 1.35 bits per heavy atom. The Bertz CT molecular complexity index is 458. The van der Waals surface area contributed by atoms with E-state index in [0.717, 1.165) is 35.8 Å². The monoisotopic (exact) mass is 311 g/mol. The molecule has 0 amide bonds. The Morgan fingerprint density at radius 2 is 2.10 bits per heavy atom. The summed E-state index contributed by atoms with van der Waals surface area (Å²) in [6, 6.07) is 5.87. The fraction of sp³-hybridized carbons (Fsp3) is 0.533. The maximum Gasteiger partial charge on any atom is 0.170 e. The molecular weight excluding hydrogens is 290 g/mol. The molecule has 1 aromatic rings. The number of aryl methyl sites for hydroxylation is 1. The number of thiocarbonyl (C=S) groups is 1. The molecule has 2 rings (SSSR count). The highest BCUT2D eigenvalue weighted by Crippen LogP contribution is 2.19. The van der Waals surface area contributed by atoms with Gasteiger partial charge in [0.15, 0.2) is 5.11 Å². The summed E-state index contributed by atoms with van der Waals surface area (Å²) in [5.41, 5.74) is 2.00. The van der Waals surface area contributed by atoms with E-state index in [2.05, 4.69) is 15.5 Å². The van der Waals surface area contributed by atoms with Gasteiger partial charge in [0.05, 0.1) is 0 Å². The van der Waals surface area contributed by atoms with Crippen molar-refractivity contribution in [1.29, 1.82) is 0 Å². The predicted molar refractivity (Wildman–Crippen MR) is 90.7 cm³/mol. The van der Waals surface area contributed by atoms with Crippen LogP contribution in [0, 0.1) is 6.92 Å². The Balaban J connectivity index is 1.65. The Hall–Kier alpha value is -0.840. The number of nitrogens with one attached hydrogen (secondary N) is 2. The van der Waals surface area contributed by atoms with E-state index in [-0.39, 0.29) is 0 Å². The van der Waals surface area contributed by atoms with Crippen molar-refractivity contribution in [2.75, 3.05) is 31.5 Å². The Morgan fingerprint density at radius 3 is 2.80 bits per heavy atom. The van der Waals surface area contributed by atoms with Crippen LogP contribution < -0.4 is 10.6 Å². The molecule has 1 aliphatic heterocycles. The van der Waals surface area contributed by atoms with Gasteiger partial charge in [-0.3, -0.25) is 0 Å². The summed E-state index contributed by atoms with van der Waals surface area (Å²) < 4.78 is 0. The minimum absolute atomic E-state index is 0.659. The quantitative estimate of drug-likeness (QED) is 0.643. The zero-order valence-electron chi connectivity index (χ0n) is 11.9. The van der Waals surface area contributed by atoms with Crippen molar-refractivity contribution in [2.24, 2.45) is 0 Å². The van der Waals surface area contributed by atoms with E-state index in [4.69, 9.17) is 23.8 Å². The molecule has 1 fully saturated rings. The first-order valence-electron chi connectivity index (χ1n) is 7.18. The van der Waals surface area contributed by atoms with E-state index >= 15 is 0 Å². The predicted octanol–water partition coefficient (Wildman–Crippen LogP) is 3.42. The average Bonchev–Trinajstić information content (AvgIpc) is 2.92. The normalized spacial score (nSPS) is 15.3. The number of anilines is 1. The molecule has 0 aliphatic carbocycles. The molecule has 1 aromatic carbocycles. The summed E-state index contributed by atoms with van der Waals surface area (Å²) in [6.45, 7) is 6.56. The van der Waals surface area contributed by atoms with Crippen molar-refractivity contribution >= 4 is 34.6 Å². The molecule has 0 saturated carbocycles. The van der Waals surface area contributed by atoms with Crippen LogP contribution in [-0.4, -0.2) is 36.2 Å². The van der Waals surface area contributed by atoms with Crippen molar-refractivity contribution in [3.8, 4) is 0 Å². The number of rotatable bonds is 5. The second-order valence-corrected chi connectivity index (χ2v) is 6.06. The maximum absolute atomic E-state index is 6.09. The smallest absolute Gasteiger partial charge is 0.170 e. The summed E-state index contributed by atoms with van der Waals surface area (Å²) in [6.07, 6.45) is 3.82. The first-order chi connectivity index (χ1) is 9.65. The summed E-state index contributed by atoms with van der Waals surface area (Å²) in [4.78, 5) is 2.51. The van der Waals surface area contributed by atoms with E-state index in [1.165, 1.54) is 25.9 Å². The van der Waals surface area contributed by atoms with Crippen molar-refractivity contribution < 1.29 is 0 Å². The van der Waals surface area contributed by atoms with Gasteiger partial charge in [-0.25, -0.2) is 0 Å². The molecule has 3 nitrogen and oxygen atoms in total. The minimum atomic E-state index is 0.659. The number of hydrogen-bond donors (Lipinski definition) is 2. The molecule has 0 spiro atoms. The lowest BCUT2D eigenvalue weighted by atomic mass is 10.2. The van der Waals surface area contributed by atoms with Crippen LogP contribution in [0.5, 0.6) is 0 Å². The van der Waals surface area contributed by atoms with Gasteiger partial charge in [0.1, 0.15) is 0 Å². The molecular formula is C15H22ClN3S. The summed E-state index contributed by atoms with van der Waals surface area (Å²) in [7, 11) is 0. The lowest BCUT2D eigenvalue weighted by molar-refractivity contribution is 0.334. The summed E-state index contributed by atoms with van der Waals surface area (Å²) in [5, 5.41) is 7.82. The van der Waals surface area contributed by atoms with Crippen LogP contribution in [-0.2, 0) is 0 Å². The van der Waals surface area contributed by atoms with Crippen LogP contribution in [0.2, 0.25) is 5.02 Å². The average molecular weight is 312 g/mol. The van der Waals surface area contributed by atoms with Crippen LogP contribution in [0.25, 0.3) is 0 Å². The van der Waals surface area contributed by atoms with Crippen LogP contribution in [0.3, 0.4) is 0 Å². The molecule has 2 N–H and O–H groups in total. The van der Waals surface area contributed by atoms with Crippen molar-refractivity contribution in [3.05, 3.63) is 28.8 Å². The number of benzene rings is 1. The maximum atomic E-state index is 6.09. The van der Waals surface area contributed by atoms with Gasteiger partial charge in [0.2, 0.25) is 0 Å². The Kier molecular flexibility index (Phi) is 6.07. The van der Waals surface area contributed by atoms with Crippen LogP contribution >= 0.6 is 23.8 Å². The number of halogens is 1. The van der Waals surface area contributed by atoms with Crippen molar-refractivity contribution in [1.82, 2.24) is 10.2 Å². The molecule has 0 unspecified atom stereocenters. The van der Waals surface area contributed by atoms with E-state index in [9.17, 15) is 0 Å². The van der Waals surface area contributed by atoms with Crippen LogP contribution in [0.15, 0.2) is 18.2 Å². The van der Waals surface area contributed by atoms with Crippen LogP contribution in [0.1, 0.15) is 24.8 Å². The second-order valence-electron chi connectivity index (χ2n) is 5.25. The lowest BCUT2D eigenvalue weighted by Crippen LogP contribution is -2.31. The summed E-state index contributed by atoms with van der Waals surface area (Å²) >= 11 is 11.4. The molecule has 110 valence electrons. The van der Waals surface area contributed by atoms with Crippen molar-refractivity contribution in [3.63, 3.8) is 0 Å². The lowest BCUT2D eigenvalue weighted by Gasteiger charge is -2.15. The number of nitrogens with zero attached hydrogens (tertiary/aromatic N) is 1. The van der Waals surface area contributed by atoms with Gasteiger partial charge < -0.3 is 15.5 Å². The van der Waals surface area contributed by atoms with Gasteiger partial charge in [-0.2, -0.15) is 0 Å². The fourth-order valence-electron chi connectivity index (χ4n) is 2.36. The molecule has 20 heavy (non-hydrogen) atoms. The van der Waals surface area contributed by atoms with Gasteiger partial charge in [-0.15, -0.1) is 0 Å². The molecule has 1 heterocycles. The molecule has 0 bridgehead atoms. The largest absolute Gasteiger partial charge is 0.362 e. The van der Waals surface area contributed by atoms with Gasteiger partial charge in [0.25, 0.3) is 0 Å². The van der Waals surface area contributed by atoms with Crippen LogP contribution in [0.4, 0.5) is 5.69 Å². The highest BCUT2D eigenvalue weighted by Gasteiger charge is 2.10. The molecule has 1 aliphatic rings. The van der Waals surface area contributed by atoms with E-state index in [0.29, 0.717) is 5.11 Å². The molecule has 0 aromatic heterocycles. The third-order valence-electron chi connectivity index (χ3n) is 3.57. The van der Waals surface area contributed by atoms with Crippen molar-refractivity contribution in [2.45, 2.75) is 26.2 Å². The first-order valence-corrected chi connectivity index (χ1v) is 7.97. The fourth-order valence-corrected chi connectivity index (χ4v) is 2.76. The van der Waals surface area contributed by atoms with E-state index in [1.54, 1.807) is 0 Å². The number of likely N-dealkylation sites (tertiary alicyclic amines) is 1. The highest BCUT2D eigenvalue weighted by molar-refractivity contribution is 7.80. The third-order valence-corrected chi connectivity index (χ3v) is 4.22.